The molecule has 29 heavy (non-hydrogen) atoms. The van der Waals surface area contributed by atoms with E-state index in [0.717, 1.165) is 12.0 Å². The molecule has 1 saturated heterocycles. The van der Waals surface area contributed by atoms with Crippen molar-refractivity contribution < 1.29 is 23.1 Å². The number of anilines is 1. The van der Waals surface area contributed by atoms with E-state index >= 15 is 0 Å². The number of halogens is 1. The summed E-state index contributed by atoms with van der Waals surface area (Å²) in [4.78, 5) is 24.7. The molecule has 6 nitrogen and oxygen atoms in total. The van der Waals surface area contributed by atoms with Gasteiger partial charge in [-0.3, -0.25) is 4.79 Å². The number of esters is 1. The zero-order valence-electron chi connectivity index (χ0n) is 15.9. The predicted octanol–water partition coefficient (Wildman–Crippen LogP) is 3.83. The standard InChI is InChI=1S/C22H21FN2O4/c1-2-28-22(27)19-12-14-11-16(7-8-18(14)29-19)25-21(26)20-17(9-10-24-20)13-3-5-15(23)6-4-13/h3-8,11-12,17,20,24H,2,9-10H2,1H3,(H,25,26)/t17-,20-/m0/s1. The van der Waals surface area contributed by atoms with E-state index in [1.54, 1.807) is 43.3 Å². The highest BCUT2D eigenvalue weighted by Crippen LogP contribution is 2.29. The Morgan fingerprint density at radius 1 is 1.21 bits per heavy atom. The second-order valence-corrected chi connectivity index (χ2v) is 6.95. The molecule has 2 atom stereocenters. The highest BCUT2D eigenvalue weighted by molar-refractivity contribution is 5.98. The van der Waals surface area contributed by atoms with Gasteiger partial charge in [0, 0.05) is 17.0 Å². The van der Waals surface area contributed by atoms with Crippen LogP contribution in [0.4, 0.5) is 10.1 Å². The number of nitrogens with one attached hydrogen (secondary N) is 2. The van der Waals surface area contributed by atoms with E-state index in [1.165, 1.54) is 12.1 Å². The quantitative estimate of drug-likeness (QED) is 0.641. The van der Waals surface area contributed by atoms with Crippen molar-refractivity contribution in [3.8, 4) is 0 Å². The van der Waals surface area contributed by atoms with Crippen molar-refractivity contribution in [2.75, 3.05) is 18.5 Å². The van der Waals surface area contributed by atoms with Crippen molar-refractivity contribution in [3.63, 3.8) is 0 Å². The number of furan rings is 1. The molecular formula is C22H21FN2O4. The lowest BCUT2D eigenvalue weighted by molar-refractivity contribution is -0.118. The summed E-state index contributed by atoms with van der Waals surface area (Å²) >= 11 is 0. The first-order chi connectivity index (χ1) is 14.0. The highest BCUT2D eigenvalue weighted by atomic mass is 19.1. The highest BCUT2D eigenvalue weighted by Gasteiger charge is 2.33. The maximum absolute atomic E-state index is 13.2. The van der Waals surface area contributed by atoms with Crippen molar-refractivity contribution >= 4 is 28.5 Å². The number of fused-ring (bicyclic) bond motifs is 1. The third-order valence-electron chi connectivity index (χ3n) is 5.06. The van der Waals surface area contributed by atoms with Crippen LogP contribution in [-0.4, -0.2) is 31.1 Å². The number of benzene rings is 2. The van der Waals surface area contributed by atoms with Crippen LogP contribution in [0.3, 0.4) is 0 Å². The Morgan fingerprint density at radius 2 is 2.00 bits per heavy atom. The maximum atomic E-state index is 13.2. The molecule has 7 heteroatoms. The van der Waals surface area contributed by atoms with E-state index in [1.807, 2.05) is 0 Å². The number of hydrogen-bond acceptors (Lipinski definition) is 5. The average Bonchev–Trinajstić information content (AvgIpc) is 3.35. The van der Waals surface area contributed by atoms with Crippen LogP contribution in [0.1, 0.15) is 35.4 Å². The Balaban J connectivity index is 1.50. The number of amides is 1. The molecular weight excluding hydrogens is 375 g/mol. The van der Waals surface area contributed by atoms with Gasteiger partial charge in [-0.05, 0) is 61.9 Å². The molecule has 0 aliphatic carbocycles. The number of ether oxygens (including phenoxy) is 1. The lowest BCUT2D eigenvalue weighted by atomic mass is 9.91. The fraction of sp³-hybridized carbons (Fsp3) is 0.273. The SMILES string of the molecule is CCOC(=O)c1cc2cc(NC(=O)[C@H]3NCC[C@H]3c3ccc(F)cc3)ccc2o1. The zero-order chi connectivity index (χ0) is 20.4. The number of hydrogen-bond donors (Lipinski definition) is 2. The first kappa shape index (κ1) is 19.1. The molecule has 0 spiro atoms. The van der Waals surface area contributed by atoms with Crippen LogP contribution in [0.2, 0.25) is 0 Å². The molecule has 1 fully saturated rings. The largest absolute Gasteiger partial charge is 0.460 e. The number of carbonyl (C=O) groups is 2. The molecule has 1 aliphatic heterocycles. The van der Waals surface area contributed by atoms with E-state index in [4.69, 9.17) is 9.15 Å². The summed E-state index contributed by atoms with van der Waals surface area (Å²) in [6.07, 6.45) is 0.799. The fourth-order valence-electron chi connectivity index (χ4n) is 3.69. The molecule has 2 aromatic carbocycles. The van der Waals surface area contributed by atoms with Crippen molar-refractivity contribution in [3.05, 3.63) is 65.7 Å². The lowest BCUT2D eigenvalue weighted by Crippen LogP contribution is -2.39. The Hall–Kier alpha value is -3.19. The minimum Gasteiger partial charge on any atom is -0.460 e. The number of rotatable bonds is 5. The van der Waals surface area contributed by atoms with Gasteiger partial charge in [-0.25, -0.2) is 9.18 Å². The summed E-state index contributed by atoms with van der Waals surface area (Å²) in [6, 6.07) is 12.6. The summed E-state index contributed by atoms with van der Waals surface area (Å²) in [7, 11) is 0. The minimum atomic E-state index is -0.522. The molecule has 150 valence electrons. The molecule has 2 N–H and O–H groups in total. The van der Waals surface area contributed by atoms with Crippen molar-refractivity contribution in [2.45, 2.75) is 25.3 Å². The van der Waals surface area contributed by atoms with Gasteiger partial charge in [-0.1, -0.05) is 12.1 Å². The summed E-state index contributed by atoms with van der Waals surface area (Å²) in [5, 5.41) is 6.84. The van der Waals surface area contributed by atoms with E-state index in [2.05, 4.69) is 10.6 Å². The van der Waals surface area contributed by atoms with Gasteiger partial charge in [0.15, 0.2) is 0 Å². The topological polar surface area (TPSA) is 80.6 Å². The first-order valence-electron chi connectivity index (χ1n) is 9.55. The Labute approximate surface area is 167 Å². The monoisotopic (exact) mass is 396 g/mol. The molecule has 0 bridgehead atoms. The molecule has 2 heterocycles. The van der Waals surface area contributed by atoms with Crippen LogP contribution >= 0.6 is 0 Å². The summed E-state index contributed by atoms with van der Waals surface area (Å²) in [5.74, 6) is -0.879. The third-order valence-corrected chi connectivity index (χ3v) is 5.06. The molecule has 3 aromatic rings. The average molecular weight is 396 g/mol. The summed E-state index contributed by atoms with van der Waals surface area (Å²) < 4.78 is 23.7. The molecule has 0 radical (unpaired) electrons. The van der Waals surface area contributed by atoms with E-state index < -0.39 is 12.0 Å². The van der Waals surface area contributed by atoms with E-state index in [9.17, 15) is 14.0 Å². The van der Waals surface area contributed by atoms with Crippen LogP contribution in [0.15, 0.2) is 52.9 Å². The van der Waals surface area contributed by atoms with Crippen LogP contribution < -0.4 is 10.6 Å². The second-order valence-electron chi connectivity index (χ2n) is 6.95. The summed E-state index contributed by atoms with van der Waals surface area (Å²) in [5.41, 5.74) is 2.07. The van der Waals surface area contributed by atoms with E-state index in [0.29, 0.717) is 23.2 Å². The van der Waals surface area contributed by atoms with Crippen LogP contribution in [-0.2, 0) is 9.53 Å². The molecule has 1 aliphatic rings. The molecule has 4 rings (SSSR count). The van der Waals surface area contributed by atoms with Crippen molar-refractivity contribution in [1.82, 2.24) is 5.32 Å². The third kappa shape index (κ3) is 4.00. The summed E-state index contributed by atoms with van der Waals surface area (Å²) in [6.45, 7) is 2.70. The van der Waals surface area contributed by atoms with Crippen molar-refractivity contribution in [1.29, 1.82) is 0 Å². The Kier molecular flexibility index (Phi) is 5.31. The second kappa shape index (κ2) is 8.05. The number of carbonyl (C=O) groups excluding carboxylic acids is 2. The lowest BCUT2D eigenvalue weighted by Gasteiger charge is -2.19. The van der Waals surface area contributed by atoms with Crippen LogP contribution in [0.5, 0.6) is 0 Å². The van der Waals surface area contributed by atoms with Gasteiger partial charge in [0.2, 0.25) is 11.7 Å². The van der Waals surface area contributed by atoms with Crippen LogP contribution in [0.25, 0.3) is 11.0 Å². The van der Waals surface area contributed by atoms with Gasteiger partial charge < -0.3 is 19.8 Å². The van der Waals surface area contributed by atoms with Gasteiger partial charge >= 0.3 is 5.97 Å². The maximum Gasteiger partial charge on any atom is 0.374 e. The van der Waals surface area contributed by atoms with E-state index in [-0.39, 0.29) is 30.0 Å². The fourth-order valence-corrected chi connectivity index (χ4v) is 3.69. The molecule has 0 saturated carbocycles. The van der Waals surface area contributed by atoms with Crippen LogP contribution in [0, 0.1) is 5.82 Å². The molecule has 0 unspecified atom stereocenters. The van der Waals surface area contributed by atoms with Gasteiger partial charge in [-0.2, -0.15) is 0 Å². The zero-order valence-corrected chi connectivity index (χ0v) is 15.9. The Morgan fingerprint density at radius 3 is 2.76 bits per heavy atom. The van der Waals surface area contributed by atoms with Crippen molar-refractivity contribution in [2.24, 2.45) is 0 Å². The Bertz CT molecular complexity index is 1040. The normalized spacial score (nSPS) is 18.7. The minimum absolute atomic E-state index is 0.0244. The smallest absolute Gasteiger partial charge is 0.374 e. The van der Waals surface area contributed by atoms with Gasteiger partial charge in [0.25, 0.3) is 0 Å². The van der Waals surface area contributed by atoms with Gasteiger partial charge in [0.05, 0.1) is 12.6 Å². The molecule has 1 aromatic heterocycles. The first-order valence-corrected chi connectivity index (χ1v) is 9.55. The van der Waals surface area contributed by atoms with Gasteiger partial charge in [0.1, 0.15) is 11.4 Å². The van der Waals surface area contributed by atoms with Gasteiger partial charge in [-0.15, -0.1) is 0 Å². The molecule has 1 amide bonds. The predicted molar refractivity (Wildman–Crippen MR) is 106 cm³/mol.